The lowest BCUT2D eigenvalue weighted by molar-refractivity contribution is -0.137. The average molecular weight is 459 g/mol. The van der Waals surface area contributed by atoms with Crippen LogP contribution in [0, 0.1) is 6.92 Å². The largest absolute Gasteiger partial charge is 0.468 e. The molecule has 1 N–H and O–H groups in total. The predicted octanol–water partition coefficient (Wildman–Crippen LogP) is 2.29. The van der Waals surface area contributed by atoms with Gasteiger partial charge in [-0.15, -0.1) is 10.2 Å². The smallest absolute Gasteiger partial charge is 0.316 e. The number of aryl methyl sites for hydroxylation is 1. The Morgan fingerprint density at radius 3 is 2.66 bits per heavy atom. The van der Waals surface area contributed by atoms with Crippen molar-refractivity contribution >= 4 is 55.8 Å². The summed E-state index contributed by atoms with van der Waals surface area (Å²) in [4.78, 5) is 24.1. The second-order valence-electron chi connectivity index (χ2n) is 6.05. The van der Waals surface area contributed by atoms with E-state index >= 15 is 0 Å². The van der Waals surface area contributed by atoms with Crippen molar-refractivity contribution in [2.75, 3.05) is 28.7 Å². The molecule has 0 fully saturated rings. The number of carbonyl (C=O) groups is 2. The number of hydrogen-bond donors (Lipinski definition) is 1. The molecule has 1 heterocycles. The van der Waals surface area contributed by atoms with Crippen LogP contribution in [0.25, 0.3) is 0 Å². The summed E-state index contributed by atoms with van der Waals surface area (Å²) in [6, 6.07) is 5.99. The maximum absolute atomic E-state index is 12.9. The zero-order valence-electron chi connectivity index (χ0n) is 16.4. The van der Waals surface area contributed by atoms with E-state index in [1.807, 2.05) is 13.0 Å². The molecule has 29 heavy (non-hydrogen) atoms. The molecule has 0 aliphatic heterocycles. The van der Waals surface area contributed by atoms with Gasteiger partial charge in [-0.2, -0.15) is 0 Å². The Balaban J connectivity index is 2.20. The molecule has 2 aromatic rings. The Morgan fingerprint density at radius 1 is 1.34 bits per heavy atom. The molecule has 0 aliphatic rings. The number of rotatable bonds is 9. The molecule has 0 aliphatic carbocycles. The summed E-state index contributed by atoms with van der Waals surface area (Å²) < 4.78 is 31.1. The first-order chi connectivity index (χ1) is 13.7. The second-order valence-corrected chi connectivity index (χ2v) is 10.1. The van der Waals surface area contributed by atoms with Crippen LogP contribution in [0.3, 0.4) is 0 Å². The summed E-state index contributed by atoms with van der Waals surface area (Å²) in [6.07, 6.45) is 1.33. The molecule has 0 radical (unpaired) electrons. The molecule has 12 heteroatoms. The van der Waals surface area contributed by atoms with E-state index in [9.17, 15) is 18.0 Å². The highest BCUT2D eigenvalue weighted by molar-refractivity contribution is 8.01. The highest BCUT2D eigenvalue weighted by atomic mass is 32.2. The van der Waals surface area contributed by atoms with Crippen LogP contribution >= 0.6 is 23.1 Å². The fourth-order valence-electron chi connectivity index (χ4n) is 2.51. The Morgan fingerprint density at radius 2 is 2.07 bits per heavy atom. The van der Waals surface area contributed by atoms with Crippen LogP contribution in [-0.4, -0.2) is 55.7 Å². The Hall–Kier alpha value is -2.18. The van der Waals surface area contributed by atoms with E-state index in [0.717, 1.165) is 39.2 Å². The summed E-state index contributed by atoms with van der Waals surface area (Å²) in [5.41, 5.74) is 1.30. The van der Waals surface area contributed by atoms with Gasteiger partial charge in [-0.3, -0.25) is 19.2 Å². The minimum Gasteiger partial charge on any atom is -0.468 e. The fraction of sp³-hybridized carbons (Fsp3) is 0.412. The van der Waals surface area contributed by atoms with Crippen molar-refractivity contribution in [3.05, 3.63) is 29.8 Å². The third kappa shape index (κ3) is 6.41. The number of amides is 1. The van der Waals surface area contributed by atoms with Gasteiger partial charge in [0.2, 0.25) is 21.1 Å². The molecule has 0 bridgehead atoms. The van der Waals surface area contributed by atoms with E-state index in [1.54, 1.807) is 25.1 Å². The van der Waals surface area contributed by atoms with Gasteiger partial charge in [0.05, 0.1) is 24.8 Å². The van der Waals surface area contributed by atoms with E-state index in [4.69, 9.17) is 0 Å². The zero-order chi connectivity index (χ0) is 21.6. The number of nitrogens with one attached hydrogen (secondary N) is 1. The van der Waals surface area contributed by atoms with Crippen LogP contribution in [0.15, 0.2) is 28.6 Å². The van der Waals surface area contributed by atoms with Crippen LogP contribution < -0.4 is 9.62 Å². The van der Waals surface area contributed by atoms with Crippen LogP contribution in [0.5, 0.6) is 0 Å². The molecule has 0 saturated carbocycles. The maximum Gasteiger partial charge on any atom is 0.316 e. The average Bonchev–Trinajstić information content (AvgIpc) is 3.10. The van der Waals surface area contributed by atoms with Crippen molar-refractivity contribution in [1.29, 1.82) is 0 Å². The molecule has 2 rings (SSSR count). The minimum atomic E-state index is -3.71. The minimum absolute atomic E-state index is 0.0753. The third-order valence-corrected chi connectivity index (χ3v) is 6.89. The number of benzene rings is 1. The molecule has 158 valence electrons. The van der Waals surface area contributed by atoms with Gasteiger partial charge in [-0.25, -0.2) is 8.42 Å². The number of esters is 1. The lowest BCUT2D eigenvalue weighted by Gasteiger charge is -2.30. The van der Waals surface area contributed by atoms with Crippen LogP contribution in [-0.2, 0) is 24.3 Å². The normalized spacial score (nSPS) is 12.3. The Kier molecular flexibility index (Phi) is 7.99. The Labute approximate surface area is 177 Å². The number of thioether (sulfide) groups is 1. The van der Waals surface area contributed by atoms with Crippen LogP contribution in [0.4, 0.5) is 10.8 Å². The number of aromatic nitrogens is 2. The maximum atomic E-state index is 12.9. The highest BCUT2D eigenvalue weighted by Gasteiger charge is 2.32. The molecule has 0 saturated heterocycles. The molecule has 0 spiro atoms. The summed E-state index contributed by atoms with van der Waals surface area (Å²) in [7, 11) is -2.42. The molecule has 1 aromatic heterocycles. The third-order valence-electron chi connectivity index (χ3n) is 3.76. The van der Waals surface area contributed by atoms with Crippen molar-refractivity contribution in [3.63, 3.8) is 0 Å². The molecule has 9 nitrogen and oxygen atoms in total. The van der Waals surface area contributed by atoms with E-state index < -0.39 is 27.9 Å². The van der Waals surface area contributed by atoms with Crippen molar-refractivity contribution in [1.82, 2.24) is 10.2 Å². The first kappa shape index (κ1) is 23.1. The predicted molar refractivity (Wildman–Crippen MR) is 114 cm³/mol. The number of methoxy groups -OCH3 is 1. The van der Waals surface area contributed by atoms with E-state index in [-0.39, 0.29) is 17.3 Å². The van der Waals surface area contributed by atoms with Gasteiger partial charge in [-0.1, -0.05) is 42.2 Å². The van der Waals surface area contributed by atoms with Crippen molar-refractivity contribution in [2.24, 2.45) is 0 Å². The highest BCUT2D eigenvalue weighted by Crippen LogP contribution is 2.27. The van der Waals surface area contributed by atoms with Gasteiger partial charge >= 0.3 is 5.97 Å². The summed E-state index contributed by atoms with van der Waals surface area (Å²) >= 11 is 2.23. The number of ether oxygens (including phenoxy) is 1. The SMILES string of the molecule is CC[C@H](C(=O)Nc1nnc(SCC(=O)OC)s1)N(c1cccc(C)c1)S(C)(=O)=O. The first-order valence-electron chi connectivity index (χ1n) is 8.55. The van der Waals surface area contributed by atoms with Crippen molar-refractivity contribution in [3.8, 4) is 0 Å². The number of carbonyl (C=O) groups excluding carboxylic acids is 2. The zero-order valence-corrected chi connectivity index (χ0v) is 18.9. The van der Waals surface area contributed by atoms with Crippen molar-refractivity contribution < 1.29 is 22.7 Å². The fourth-order valence-corrected chi connectivity index (χ4v) is 5.30. The second kappa shape index (κ2) is 10.0. The lowest BCUT2D eigenvalue weighted by Crippen LogP contribution is -2.47. The summed E-state index contributed by atoms with van der Waals surface area (Å²) in [5, 5.41) is 10.6. The van der Waals surface area contributed by atoms with Crippen molar-refractivity contribution in [2.45, 2.75) is 30.6 Å². The molecule has 1 aromatic carbocycles. The number of anilines is 2. The van der Waals surface area contributed by atoms with E-state index in [0.29, 0.717) is 10.0 Å². The van der Waals surface area contributed by atoms with Gasteiger partial charge in [0, 0.05) is 0 Å². The quantitative estimate of drug-likeness (QED) is 0.345. The molecular formula is C17H22N4O5S3. The number of nitrogens with zero attached hydrogens (tertiary/aromatic N) is 3. The Bertz CT molecular complexity index is 977. The monoisotopic (exact) mass is 458 g/mol. The number of sulfonamides is 1. The molecular weight excluding hydrogens is 436 g/mol. The molecule has 1 atom stereocenters. The van der Waals surface area contributed by atoms with Gasteiger partial charge in [0.1, 0.15) is 6.04 Å². The van der Waals surface area contributed by atoms with Gasteiger partial charge in [0.25, 0.3) is 0 Å². The topological polar surface area (TPSA) is 119 Å². The van der Waals surface area contributed by atoms with Crippen LogP contribution in [0.1, 0.15) is 18.9 Å². The molecule has 1 amide bonds. The summed E-state index contributed by atoms with van der Waals surface area (Å²) in [6.45, 7) is 3.58. The standard InChI is InChI=1S/C17H22N4O5S3/c1-5-13(21(29(4,24)25)12-8-6-7-11(2)9-12)15(23)18-16-19-20-17(28-16)27-10-14(22)26-3/h6-9,13H,5,10H2,1-4H3,(H,18,19,23)/t13-/m1/s1. The van der Waals surface area contributed by atoms with Crippen LogP contribution in [0.2, 0.25) is 0 Å². The molecule has 0 unspecified atom stereocenters. The van der Waals surface area contributed by atoms with E-state index in [2.05, 4.69) is 20.3 Å². The van der Waals surface area contributed by atoms with E-state index in [1.165, 1.54) is 7.11 Å². The summed E-state index contributed by atoms with van der Waals surface area (Å²) in [5.74, 6) is -0.838. The number of hydrogen-bond acceptors (Lipinski definition) is 9. The van der Waals surface area contributed by atoms with Gasteiger partial charge < -0.3 is 4.74 Å². The first-order valence-corrected chi connectivity index (χ1v) is 12.2. The van der Waals surface area contributed by atoms with Gasteiger partial charge in [-0.05, 0) is 31.0 Å². The van der Waals surface area contributed by atoms with Gasteiger partial charge in [0.15, 0.2) is 4.34 Å². The lowest BCUT2D eigenvalue weighted by atomic mass is 10.1.